The minimum atomic E-state index is -0.677. The van der Waals surface area contributed by atoms with Crippen LogP contribution >= 0.6 is 0 Å². The van der Waals surface area contributed by atoms with Crippen LogP contribution in [0.15, 0.2) is 53.5 Å². The molecule has 9 heteroatoms. The van der Waals surface area contributed by atoms with Gasteiger partial charge in [-0.25, -0.2) is 4.79 Å². The minimum absolute atomic E-state index is 0.0264. The number of benzene rings is 2. The summed E-state index contributed by atoms with van der Waals surface area (Å²) in [5, 5.41) is 5.22. The number of carbonyl (C=O) groups excluding carboxylic acids is 1. The third-order valence-corrected chi connectivity index (χ3v) is 6.68. The minimum Gasteiger partial charge on any atom is -0.383 e. The van der Waals surface area contributed by atoms with Gasteiger partial charge in [0, 0.05) is 18.7 Å². The van der Waals surface area contributed by atoms with Crippen LogP contribution in [-0.4, -0.2) is 53.0 Å². The monoisotopic (exact) mass is 522 g/mol. The molecule has 1 amide bonds. The Morgan fingerprint density at radius 2 is 1.87 bits per heavy atom. The highest BCUT2D eigenvalue weighted by molar-refractivity contribution is 5.97. The summed E-state index contributed by atoms with van der Waals surface area (Å²) in [5.41, 5.74) is 6.65. The van der Waals surface area contributed by atoms with Gasteiger partial charge in [-0.2, -0.15) is 4.98 Å². The number of aromatic nitrogens is 2. The summed E-state index contributed by atoms with van der Waals surface area (Å²) in [4.78, 5) is 29.8. The molecule has 1 aliphatic rings. The molecule has 2 aromatic carbocycles. The number of rotatable bonds is 10. The van der Waals surface area contributed by atoms with Crippen molar-refractivity contribution in [2.75, 3.05) is 18.9 Å². The van der Waals surface area contributed by atoms with E-state index < -0.39 is 17.8 Å². The number of fused-ring (bicyclic) bond motifs is 1. The summed E-state index contributed by atoms with van der Waals surface area (Å²) in [6.07, 6.45) is 0.748. The lowest BCUT2D eigenvalue weighted by Crippen LogP contribution is -2.36. The molecule has 3 aromatic rings. The van der Waals surface area contributed by atoms with Gasteiger partial charge in [0.2, 0.25) is 0 Å². The van der Waals surface area contributed by atoms with Gasteiger partial charge in [0.1, 0.15) is 18.1 Å². The maximum atomic E-state index is 13.0. The molecule has 0 spiro atoms. The van der Waals surface area contributed by atoms with Crippen molar-refractivity contribution in [2.45, 2.75) is 71.7 Å². The largest absolute Gasteiger partial charge is 0.383 e. The summed E-state index contributed by atoms with van der Waals surface area (Å²) in [5.74, 6) is -0.704. The van der Waals surface area contributed by atoms with Crippen molar-refractivity contribution in [1.82, 2.24) is 14.9 Å². The molecular weight excluding hydrogens is 484 g/mol. The number of nitrogens with two attached hydrogens (primary N) is 1. The van der Waals surface area contributed by atoms with Gasteiger partial charge in [-0.05, 0) is 50.5 Å². The fourth-order valence-electron chi connectivity index (χ4n) is 4.80. The van der Waals surface area contributed by atoms with Gasteiger partial charge >= 0.3 is 5.69 Å². The van der Waals surface area contributed by atoms with E-state index in [-0.39, 0.29) is 41.7 Å². The maximum Gasteiger partial charge on any atom is 0.351 e. The fourth-order valence-corrected chi connectivity index (χ4v) is 4.80. The van der Waals surface area contributed by atoms with Crippen LogP contribution in [-0.2, 0) is 20.6 Å². The van der Waals surface area contributed by atoms with Crippen molar-refractivity contribution < 1.29 is 19.0 Å². The lowest BCUT2D eigenvalue weighted by molar-refractivity contribution is -0.0966. The molecule has 0 aliphatic carbocycles. The Balaban J connectivity index is 1.48. The first-order chi connectivity index (χ1) is 18.1. The number of nitrogens with zero attached hydrogens (tertiary/aromatic N) is 2. The first-order valence-electron chi connectivity index (χ1n) is 13.2. The molecule has 204 valence electrons. The van der Waals surface area contributed by atoms with Crippen LogP contribution in [0.25, 0.3) is 10.8 Å². The number of nitrogens with one attached hydrogen (secondary N) is 1. The number of amides is 1. The van der Waals surface area contributed by atoms with E-state index in [0.717, 1.165) is 10.9 Å². The highest BCUT2D eigenvalue weighted by Crippen LogP contribution is 2.37. The van der Waals surface area contributed by atoms with E-state index in [1.165, 1.54) is 16.2 Å². The molecule has 0 bridgehead atoms. The zero-order valence-corrected chi connectivity index (χ0v) is 22.7. The third-order valence-electron chi connectivity index (χ3n) is 6.68. The molecule has 2 heterocycles. The van der Waals surface area contributed by atoms with Crippen LogP contribution in [0.2, 0.25) is 0 Å². The Hall–Kier alpha value is -3.27. The molecule has 9 nitrogen and oxygen atoms in total. The van der Waals surface area contributed by atoms with Gasteiger partial charge in [-0.3, -0.25) is 9.36 Å². The second-order valence-corrected chi connectivity index (χ2v) is 10.4. The summed E-state index contributed by atoms with van der Waals surface area (Å²) >= 11 is 0. The van der Waals surface area contributed by atoms with Crippen LogP contribution in [0.3, 0.4) is 0 Å². The first-order valence-corrected chi connectivity index (χ1v) is 13.2. The Morgan fingerprint density at radius 1 is 1.13 bits per heavy atom. The maximum absolute atomic E-state index is 13.0. The predicted octanol–water partition coefficient (Wildman–Crippen LogP) is 3.70. The second kappa shape index (κ2) is 12.1. The van der Waals surface area contributed by atoms with E-state index >= 15 is 0 Å². The standard InChI is InChI=1S/C29H38N4O5/c1-17(2)36-16-24-25(37-18(3)4)19(5)28(38-24)33-15-23(26(30)32-29(33)35)27(34)31-13-12-20-10-11-21-8-6-7-9-22(21)14-20/h6-11,14-15,17-19,24-25,28H,12-13,16H2,1-5H3,(H,31,34)(H2,30,32,35)/t19-,24+,25?,28+/m0/s1. The zero-order chi connectivity index (χ0) is 27.4. The van der Waals surface area contributed by atoms with E-state index in [1.807, 2.05) is 46.8 Å². The summed E-state index contributed by atoms with van der Waals surface area (Å²) in [6, 6.07) is 14.4. The van der Waals surface area contributed by atoms with Crippen LogP contribution in [0.5, 0.6) is 0 Å². The van der Waals surface area contributed by atoms with Gasteiger partial charge in [0.15, 0.2) is 0 Å². The molecule has 4 rings (SSSR count). The highest BCUT2D eigenvalue weighted by Gasteiger charge is 2.45. The zero-order valence-electron chi connectivity index (χ0n) is 22.7. The Kier molecular flexibility index (Phi) is 8.81. The average molecular weight is 523 g/mol. The van der Waals surface area contributed by atoms with Crippen LogP contribution < -0.4 is 16.7 Å². The topological polar surface area (TPSA) is 118 Å². The normalized spacial score (nSPS) is 21.4. The van der Waals surface area contributed by atoms with Gasteiger partial charge < -0.3 is 25.3 Å². The second-order valence-electron chi connectivity index (χ2n) is 10.4. The summed E-state index contributed by atoms with van der Waals surface area (Å²) in [6.45, 7) is 10.5. The van der Waals surface area contributed by atoms with Gasteiger partial charge in [0.25, 0.3) is 5.91 Å². The third kappa shape index (κ3) is 6.40. The Bertz CT molecular complexity index is 1320. The van der Waals surface area contributed by atoms with Crippen molar-refractivity contribution in [3.63, 3.8) is 0 Å². The fraction of sp³-hybridized carbons (Fsp3) is 0.483. The number of ether oxygens (including phenoxy) is 3. The van der Waals surface area contributed by atoms with E-state index in [9.17, 15) is 9.59 Å². The lowest BCUT2D eigenvalue weighted by atomic mass is 10.0. The average Bonchev–Trinajstić information content (AvgIpc) is 3.17. The van der Waals surface area contributed by atoms with Crippen molar-refractivity contribution in [3.8, 4) is 0 Å². The highest BCUT2D eigenvalue weighted by atomic mass is 16.6. The number of hydrogen-bond donors (Lipinski definition) is 2. The van der Waals surface area contributed by atoms with Gasteiger partial charge in [0.05, 0.1) is 30.5 Å². The molecule has 1 fully saturated rings. The van der Waals surface area contributed by atoms with Crippen LogP contribution in [0.4, 0.5) is 5.82 Å². The number of nitrogen functional groups attached to an aromatic ring is 1. The van der Waals surface area contributed by atoms with Gasteiger partial charge in [-0.15, -0.1) is 0 Å². The molecular formula is C29H38N4O5. The number of hydrogen-bond acceptors (Lipinski definition) is 7. The lowest BCUT2D eigenvalue weighted by Gasteiger charge is -2.24. The Morgan fingerprint density at radius 3 is 2.58 bits per heavy atom. The molecule has 0 saturated carbocycles. The van der Waals surface area contributed by atoms with E-state index in [0.29, 0.717) is 19.6 Å². The van der Waals surface area contributed by atoms with Crippen LogP contribution in [0, 0.1) is 5.92 Å². The van der Waals surface area contributed by atoms with E-state index in [1.54, 1.807) is 0 Å². The molecule has 1 saturated heterocycles. The van der Waals surface area contributed by atoms with Crippen molar-refractivity contribution >= 4 is 22.5 Å². The smallest absolute Gasteiger partial charge is 0.351 e. The summed E-state index contributed by atoms with van der Waals surface area (Å²) in [7, 11) is 0. The number of carbonyl (C=O) groups is 1. The quantitative estimate of drug-likeness (QED) is 0.417. The molecule has 0 radical (unpaired) electrons. The molecule has 4 atom stereocenters. The SMILES string of the molecule is CC(C)OC[C@H]1O[C@@H](n2cc(C(=O)NCCc3ccc4ccccc4c3)c(N)nc2=O)[C@@H](C)C1OC(C)C. The van der Waals surface area contributed by atoms with E-state index in [4.69, 9.17) is 19.9 Å². The van der Waals surface area contributed by atoms with E-state index in [2.05, 4.69) is 40.6 Å². The van der Waals surface area contributed by atoms with Crippen molar-refractivity contribution in [3.05, 3.63) is 70.3 Å². The number of anilines is 1. The molecule has 3 N–H and O–H groups in total. The van der Waals surface area contributed by atoms with Crippen molar-refractivity contribution in [2.24, 2.45) is 5.92 Å². The molecule has 38 heavy (non-hydrogen) atoms. The predicted molar refractivity (Wildman–Crippen MR) is 147 cm³/mol. The van der Waals surface area contributed by atoms with Crippen molar-refractivity contribution in [1.29, 1.82) is 0 Å². The summed E-state index contributed by atoms with van der Waals surface area (Å²) < 4.78 is 19.5. The Labute approximate surface area is 223 Å². The molecule has 1 unspecified atom stereocenters. The molecule has 1 aromatic heterocycles. The van der Waals surface area contributed by atoms with Gasteiger partial charge in [-0.1, -0.05) is 49.4 Å². The van der Waals surface area contributed by atoms with Crippen LogP contribution in [0.1, 0.15) is 56.8 Å². The first kappa shape index (κ1) is 27.8. The molecule has 1 aliphatic heterocycles.